The third-order valence-corrected chi connectivity index (χ3v) is 12.8. The maximum atomic E-state index is 14.6. The summed E-state index contributed by atoms with van der Waals surface area (Å²) in [5.74, 6) is -0.142. The van der Waals surface area contributed by atoms with Gasteiger partial charge in [-0.3, -0.25) is 24.5 Å². The standard InChI is InChI=1S/C45H56N10O4/c1-3-52-16-10-31(11-17-52)26-40(44(58)54-22-20-53(21-23-54)36-8-14-46-15-9-36)49-43(57)39(27-32-24-30(2)41-35(25-32)29-47-51-41)50-45(59)55-18-12-33(13-19-55)37-28-34-6-4-5-7-38(34)48-42(37)56/h4-9,14-15,24-25,28-29,31,33,39-40H,3,10-13,16-23,26-27H2,1-2H3,(H,47,51)(H,48,56)(H,49,57)(H,50,59)/t39-,40-/m1/s1. The van der Waals surface area contributed by atoms with Crippen LogP contribution in [-0.2, 0) is 16.0 Å². The van der Waals surface area contributed by atoms with Crippen LogP contribution in [0.25, 0.3) is 21.8 Å². The van der Waals surface area contributed by atoms with E-state index in [1.807, 2.05) is 66.4 Å². The maximum absolute atomic E-state index is 14.6. The number of para-hydroxylation sites is 1. The molecule has 3 aromatic heterocycles. The smallest absolute Gasteiger partial charge is 0.318 e. The zero-order valence-electron chi connectivity index (χ0n) is 34.2. The molecule has 0 bridgehead atoms. The number of pyridine rings is 2. The first-order valence-corrected chi connectivity index (χ1v) is 21.3. The molecule has 0 aliphatic carbocycles. The summed E-state index contributed by atoms with van der Waals surface area (Å²) in [6.07, 6.45) is 9.30. The number of aromatic amines is 2. The number of amides is 4. The number of carbonyl (C=O) groups is 3. The third-order valence-electron chi connectivity index (χ3n) is 12.8. The normalized spacial score (nSPS) is 18.2. The summed E-state index contributed by atoms with van der Waals surface area (Å²) in [4.78, 5) is 71.7. The Kier molecular flexibility index (Phi) is 12.2. The quantitative estimate of drug-likeness (QED) is 0.151. The number of piperidine rings is 2. The van der Waals surface area contributed by atoms with Crippen LogP contribution in [0.15, 0.2) is 78.0 Å². The summed E-state index contributed by atoms with van der Waals surface area (Å²) >= 11 is 0. The number of H-pyrrole nitrogens is 2. The van der Waals surface area contributed by atoms with Crippen molar-refractivity contribution in [3.8, 4) is 0 Å². The Morgan fingerprint density at radius 3 is 2.32 bits per heavy atom. The molecule has 310 valence electrons. The molecule has 0 unspecified atom stereocenters. The lowest BCUT2D eigenvalue weighted by atomic mass is 9.89. The number of aryl methyl sites for hydroxylation is 1. The van der Waals surface area contributed by atoms with E-state index >= 15 is 0 Å². The summed E-state index contributed by atoms with van der Waals surface area (Å²) in [5.41, 5.74) is 5.32. The minimum atomic E-state index is -0.937. The van der Waals surface area contributed by atoms with Crippen molar-refractivity contribution >= 4 is 45.3 Å². The fraction of sp³-hybridized carbons (Fsp3) is 0.467. The second-order valence-corrected chi connectivity index (χ2v) is 16.5. The number of rotatable bonds is 11. The van der Waals surface area contributed by atoms with Gasteiger partial charge in [0.1, 0.15) is 12.1 Å². The first-order valence-electron chi connectivity index (χ1n) is 21.3. The molecule has 0 radical (unpaired) electrons. The van der Waals surface area contributed by atoms with E-state index in [-0.39, 0.29) is 35.7 Å². The fourth-order valence-electron chi connectivity index (χ4n) is 9.30. The number of nitrogens with zero attached hydrogens (tertiary/aromatic N) is 6. The van der Waals surface area contributed by atoms with Crippen LogP contribution < -0.4 is 21.1 Å². The molecular formula is C45H56N10O4. The molecule has 2 atom stereocenters. The predicted octanol–water partition coefficient (Wildman–Crippen LogP) is 4.56. The van der Waals surface area contributed by atoms with Crippen LogP contribution >= 0.6 is 0 Å². The van der Waals surface area contributed by atoms with E-state index < -0.39 is 12.1 Å². The van der Waals surface area contributed by atoms with E-state index in [0.717, 1.165) is 76.7 Å². The summed E-state index contributed by atoms with van der Waals surface area (Å²) in [7, 11) is 0. The molecule has 5 aromatic rings. The van der Waals surface area contributed by atoms with E-state index in [1.165, 1.54) is 0 Å². The van der Waals surface area contributed by atoms with Crippen molar-refractivity contribution in [2.75, 3.05) is 63.8 Å². The summed E-state index contributed by atoms with van der Waals surface area (Å²) in [5, 5.41) is 15.5. The first-order chi connectivity index (χ1) is 28.7. The molecule has 4 amide bonds. The van der Waals surface area contributed by atoms with Crippen molar-refractivity contribution in [2.45, 2.75) is 70.4 Å². The molecule has 14 heteroatoms. The van der Waals surface area contributed by atoms with Gasteiger partial charge >= 0.3 is 6.03 Å². The number of hydrogen-bond acceptors (Lipinski definition) is 8. The van der Waals surface area contributed by atoms with Crippen molar-refractivity contribution in [3.05, 3.63) is 100 Å². The van der Waals surface area contributed by atoms with Gasteiger partial charge in [0.25, 0.3) is 5.56 Å². The molecule has 3 aliphatic heterocycles. The van der Waals surface area contributed by atoms with Gasteiger partial charge in [0.2, 0.25) is 11.8 Å². The highest BCUT2D eigenvalue weighted by atomic mass is 16.2. The lowest BCUT2D eigenvalue weighted by Crippen LogP contribution is -2.59. The van der Waals surface area contributed by atoms with Crippen LogP contribution in [0.2, 0.25) is 0 Å². The van der Waals surface area contributed by atoms with Crippen LogP contribution in [0.1, 0.15) is 61.6 Å². The van der Waals surface area contributed by atoms with Gasteiger partial charge in [0.15, 0.2) is 0 Å². The van der Waals surface area contributed by atoms with Crippen LogP contribution in [0, 0.1) is 12.8 Å². The molecule has 0 spiro atoms. The van der Waals surface area contributed by atoms with Gasteiger partial charge in [-0.05, 0) is 117 Å². The van der Waals surface area contributed by atoms with E-state index in [0.29, 0.717) is 64.4 Å². The predicted molar refractivity (Wildman–Crippen MR) is 229 cm³/mol. The van der Waals surface area contributed by atoms with Crippen molar-refractivity contribution in [2.24, 2.45) is 5.92 Å². The molecular weight excluding hydrogens is 745 g/mol. The van der Waals surface area contributed by atoms with Crippen molar-refractivity contribution in [1.82, 2.24) is 45.5 Å². The molecule has 6 heterocycles. The lowest BCUT2D eigenvalue weighted by Gasteiger charge is -2.39. The van der Waals surface area contributed by atoms with Gasteiger partial charge in [-0.1, -0.05) is 31.2 Å². The fourth-order valence-corrected chi connectivity index (χ4v) is 9.30. The average Bonchev–Trinajstić information content (AvgIpc) is 3.76. The largest absolute Gasteiger partial charge is 0.368 e. The van der Waals surface area contributed by atoms with E-state index in [4.69, 9.17) is 0 Å². The molecule has 3 aliphatic rings. The summed E-state index contributed by atoms with van der Waals surface area (Å²) in [6.45, 7) is 10.5. The molecule has 4 N–H and O–H groups in total. The van der Waals surface area contributed by atoms with Crippen LogP contribution in [0.4, 0.5) is 10.5 Å². The van der Waals surface area contributed by atoms with Gasteiger partial charge in [-0.25, -0.2) is 4.79 Å². The Balaban J connectivity index is 0.990. The Labute approximate surface area is 344 Å². The Bertz CT molecular complexity index is 2300. The molecule has 3 saturated heterocycles. The molecule has 3 fully saturated rings. The SMILES string of the molecule is CCN1CCC(C[C@@H](NC(=O)[C@@H](Cc2cc(C)c3[nH]ncc3c2)NC(=O)N2CCC(c3cc4ccccc4[nH]c3=O)CC2)C(=O)N2CCN(c3ccncc3)CC2)CC1. The number of urea groups is 1. The monoisotopic (exact) mass is 800 g/mol. The second kappa shape index (κ2) is 18.0. The Hall–Kier alpha value is -5.76. The maximum Gasteiger partial charge on any atom is 0.318 e. The van der Waals surface area contributed by atoms with Crippen molar-refractivity contribution in [1.29, 1.82) is 0 Å². The highest BCUT2D eigenvalue weighted by molar-refractivity contribution is 5.92. The van der Waals surface area contributed by atoms with E-state index in [9.17, 15) is 19.2 Å². The number of likely N-dealkylation sites (tertiary alicyclic amines) is 2. The van der Waals surface area contributed by atoms with Gasteiger partial charge in [-0.2, -0.15) is 5.10 Å². The number of aromatic nitrogens is 4. The second-order valence-electron chi connectivity index (χ2n) is 16.5. The van der Waals surface area contributed by atoms with Gasteiger partial charge in [-0.15, -0.1) is 0 Å². The van der Waals surface area contributed by atoms with Crippen LogP contribution in [0.5, 0.6) is 0 Å². The Morgan fingerprint density at radius 2 is 1.58 bits per heavy atom. The highest BCUT2D eigenvalue weighted by Gasteiger charge is 2.35. The number of benzene rings is 2. The molecule has 0 saturated carbocycles. The number of nitrogens with one attached hydrogen (secondary N) is 4. The number of piperazine rings is 1. The van der Waals surface area contributed by atoms with E-state index in [1.54, 1.807) is 23.5 Å². The molecule has 59 heavy (non-hydrogen) atoms. The number of anilines is 1. The minimum Gasteiger partial charge on any atom is -0.368 e. The average molecular weight is 801 g/mol. The molecule has 14 nitrogen and oxygen atoms in total. The Morgan fingerprint density at radius 1 is 0.831 bits per heavy atom. The number of hydrogen-bond donors (Lipinski definition) is 4. The van der Waals surface area contributed by atoms with Crippen LogP contribution in [-0.4, -0.2) is 124 Å². The number of carbonyl (C=O) groups excluding carboxylic acids is 3. The van der Waals surface area contributed by atoms with Gasteiger partial charge in [0, 0.05) is 80.2 Å². The zero-order chi connectivity index (χ0) is 40.9. The topological polar surface area (TPSA) is 163 Å². The highest BCUT2D eigenvalue weighted by Crippen LogP contribution is 2.28. The van der Waals surface area contributed by atoms with Gasteiger partial charge < -0.3 is 35.2 Å². The summed E-state index contributed by atoms with van der Waals surface area (Å²) in [6, 6.07) is 15.7. The minimum absolute atomic E-state index is 0.0127. The van der Waals surface area contributed by atoms with E-state index in [2.05, 4.69) is 47.5 Å². The molecule has 8 rings (SSSR count). The zero-order valence-corrected chi connectivity index (χ0v) is 34.2. The third kappa shape index (κ3) is 9.27. The molecule has 2 aromatic carbocycles. The lowest BCUT2D eigenvalue weighted by molar-refractivity contribution is -0.137. The summed E-state index contributed by atoms with van der Waals surface area (Å²) < 4.78 is 0. The van der Waals surface area contributed by atoms with Crippen molar-refractivity contribution in [3.63, 3.8) is 0 Å². The van der Waals surface area contributed by atoms with Crippen LogP contribution in [0.3, 0.4) is 0 Å². The first kappa shape index (κ1) is 40.0. The number of fused-ring (bicyclic) bond motifs is 2. The van der Waals surface area contributed by atoms with Gasteiger partial charge in [0.05, 0.1) is 11.7 Å². The van der Waals surface area contributed by atoms with Crippen molar-refractivity contribution < 1.29 is 14.4 Å².